The molecule has 2 aromatic carbocycles. The summed E-state index contributed by atoms with van der Waals surface area (Å²) < 4.78 is 33.4. The van der Waals surface area contributed by atoms with E-state index in [4.69, 9.17) is 10.5 Å². The minimum absolute atomic E-state index is 0.0903. The van der Waals surface area contributed by atoms with Crippen LogP contribution in [0.5, 0.6) is 0 Å². The third kappa shape index (κ3) is 9.07. The van der Waals surface area contributed by atoms with Crippen molar-refractivity contribution < 1.29 is 27.5 Å². The quantitative estimate of drug-likeness (QED) is 0.218. The van der Waals surface area contributed by atoms with Crippen LogP contribution in [0.15, 0.2) is 66.7 Å². The van der Waals surface area contributed by atoms with Crippen molar-refractivity contribution in [1.82, 2.24) is 20.3 Å². The van der Waals surface area contributed by atoms with Gasteiger partial charge in [-0.3, -0.25) is 14.4 Å². The second kappa shape index (κ2) is 13.0. The maximum absolute atomic E-state index is 13.5. The molecule has 1 aliphatic rings. The van der Waals surface area contributed by atoms with Crippen LogP contribution in [0.1, 0.15) is 49.7 Å². The third-order valence-corrected chi connectivity index (χ3v) is 8.33. The Morgan fingerprint density at radius 3 is 2.36 bits per heavy atom. The SMILES string of the molecule is CC(C)(C)NS(=O)(=O)CC[C@@H]1O[C@@H]1[C@H](Cc1ccccc1)NC(=O)C(CC(N)=O)NC(=O)c1ccc2ccccc2n1. The number of hydrogen-bond donors (Lipinski definition) is 4. The lowest BCUT2D eigenvalue weighted by atomic mass is 10.00. The van der Waals surface area contributed by atoms with Gasteiger partial charge < -0.3 is 21.1 Å². The monoisotopic (exact) mass is 595 g/mol. The summed E-state index contributed by atoms with van der Waals surface area (Å²) in [6.45, 7) is 5.30. The van der Waals surface area contributed by atoms with E-state index in [1.807, 2.05) is 42.5 Å². The van der Waals surface area contributed by atoms with Crippen LogP contribution in [0.25, 0.3) is 10.9 Å². The van der Waals surface area contributed by atoms with Gasteiger partial charge >= 0.3 is 0 Å². The average molecular weight is 596 g/mol. The molecule has 12 heteroatoms. The summed E-state index contributed by atoms with van der Waals surface area (Å²) in [7, 11) is -3.53. The number of carbonyl (C=O) groups is 3. The smallest absolute Gasteiger partial charge is 0.270 e. The van der Waals surface area contributed by atoms with Crippen molar-refractivity contribution in [1.29, 1.82) is 0 Å². The number of primary amides is 1. The van der Waals surface area contributed by atoms with Gasteiger partial charge in [-0.2, -0.15) is 0 Å². The Labute approximate surface area is 245 Å². The molecule has 0 bridgehead atoms. The number of carbonyl (C=O) groups excluding carboxylic acids is 3. The lowest BCUT2D eigenvalue weighted by molar-refractivity contribution is -0.127. The number of nitrogens with zero attached hydrogens (tertiary/aromatic N) is 1. The highest BCUT2D eigenvalue weighted by Gasteiger charge is 2.46. The Bertz CT molecular complexity index is 1540. The number of benzene rings is 2. The summed E-state index contributed by atoms with van der Waals surface area (Å²) in [6, 6.07) is 18.2. The van der Waals surface area contributed by atoms with Crippen LogP contribution in [0, 0.1) is 0 Å². The zero-order valence-electron chi connectivity index (χ0n) is 23.9. The van der Waals surface area contributed by atoms with Gasteiger partial charge in [-0.25, -0.2) is 18.1 Å². The molecule has 4 atom stereocenters. The van der Waals surface area contributed by atoms with Gasteiger partial charge in [-0.15, -0.1) is 0 Å². The fraction of sp³-hybridized carbons (Fsp3) is 0.400. The normalized spacial score (nSPS) is 18.2. The zero-order valence-corrected chi connectivity index (χ0v) is 24.7. The van der Waals surface area contributed by atoms with E-state index in [2.05, 4.69) is 20.3 Å². The Hall–Kier alpha value is -3.87. The number of pyridine rings is 1. The maximum atomic E-state index is 13.5. The number of nitrogens with one attached hydrogen (secondary N) is 3. The highest BCUT2D eigenvalue weighted by Crippen LogP contribution is 2.31. The van der Waals surface area contributed by atoms with Gasteiger partial charge in [0.1, 0.15) is 17.8 Å². The van der Waals surface area contributed by atoms with E-state index in [-0.39, 0.29) is 24.0 Å². The first-order valence-corrected chi connectivity index (χ1v) is 15.4. The number of rotatable bonds is 13. The molecule has 1 aromatic heterocycles. The van der Waals surface area contributed by atoms with Gasteiger partial charge in [-0.05, 0) is 51.3 Å². The minimum Gasteiger partial charge on any atom is -0.370 e. The average Bonchev–Trinajstić information content (AvgIpc) is 3.70. The van der Waals surface area contributed by atoms with E-state index in [0.717, 1.165) is 10.9 Å². The predicted octanol–water partition coefficient (Wildman–Crippen LogP) is 1.81. The summed E-state index contributed by atoms with van der Waals surface area (Å²) in [4.78, 5) is 42.7. The number of ether oxygens (including phenoxy) is 1. The van der Waals surface area contributed by atoms with E-state index >= 15 is 0 Å². The number of para-hydroxylation sites is 1. The lowest BCUT2D eigenvalue weighted by Crippen LogP contribution is -2.53. The minimum atomic E-state index is -3.53. The second-order valence-corrected chi connectivity index (χ2v) is 13.3. The van der Waals surface area contributed by atoms with Crippen LogP contribution < -0.4 is 21.1 Å². The second-order valence-electron chi connectivity index (χ2n) is 11.5. The number of fused-ring (bicyclic) bond motifs is 1. The molecule has 5 N–H and O–H groups in total. The molecule has 4 rings (SSSR count). The molecule has 0 spiro atoms. The molecular formula is C30H37N5O6S. The van der Waals surface area contributed by atoms with Gasteiger partial charge in [0.25, 0.3) is 5.91 Å². The van der Waals surface area contributed by atoms with E-state index in [1.165, 1.54) is 0 Å². The van der Waals surface area contributed by atoms with Crippen molar-refractivity contribution in [3.05, 3.63) is 78.0 Å². The van der Waals surface area contributed by atoms with Crippen molar-refractivity contribution in [2.24, 2.45) is 5.73 Å². The molecule has 3 amide bonds. The van der Waals surface area contributed by atoms with Crippen LogP contribution in [0.4, 0.5) is 0 Å². The zero-order chi connectivity index (χ0) is 30.5. The van der Waals surface area contributed by atoms with E-state index in [0.29, 0.717) is 11.9 Å². The molecule has 11 nitrogen and oxygen atoms in total. The standard InChI is InChI=1S/C30H37N5O6S/c1-30(2,3)35-42(39,40)16-15-25-27(41-25)23(17-19-9-5-4-6-10-19)33-29(38)24(18-26(31)36)34-28(37)22-14-13-20-11-7-8-12-21(20)32-22/h4-14,23-25,27,35H,15-18H2,1-3H3,(H2,31,36)(H,33,38)(H,34,37)/t23-,24?,25-,27+/m0/s1. The van der Waals surface area contributed by atoms with Gasteiger partial charge in [0.05, 0.1) is 29.8 Å². The van der Waals surface area contributed by atoms with Crippen LogP contribution in [-0.4, -0.2) is 66.7 Å². The molecule has 42 heavy (non-hydrogen) atoms. The van der Waals surface area contributed by atoms with Gasteiger partial charge in [0, 0.05) is 10.9 Å². The Morgan fingerprint density at radius 1 is 0.976 bits per heavy atom. The largest absolute Gasteiger partial charge is 0.370 e. The molecule has 1 unspecified atom stereocenters. The molecule has 0 radical (unpaired) electrons. The number of epoxide rings is 1. The van der Waals surface area contributed by atoms with Crippen molar-refractivity contribution in [2.45, 2.75) is 69.9 Å². The molecule has 0 saturated carbocycles. The molecule has 2 heterocycles. The molecule has 224 valence electrons. The number of nitrogens with two attached hydrogens (primary N) is 1. The van der Waals surface area contributed by atoms with Gasteiger partial charge in [0.15, 0.2) is 0 Å². The Morgan fingerprint density at radius 2 is 1.67 bits per heavy atom. The summed E-state index contributed by atoms with van der Waals surface area (Å²) in [5, 5.41) is 6.36. The Kier molecular flexibility index (Phi) is 9.60. The van der Waals surface area contributed by atoms with Crippen molar-refractivity contribution in [3.8, 4) is 0 Å². The summed E-state index contributed by atoms with van der Waals surface area (Å²) in [5.74, 6) is -2.13. The van der Waals surface area contributed by atoms with E-state index < -0.39 is 57.9 Å². The van der Waals surface area contributed by atoms with Gasteiger partial charge in [-0.1, -0.05) is 54.6 Å². The van der Waals surface area contributed by atoms with Crippen LogP contribution in [0.2, 0.25) is 0 Å². The number of hydrogen-bond acceptors (Lipinski definition) is 7. The Balaban J connectivity index is 1.46. The van der Waals surface area contributed by atoms with Crippen molar-refractivity contribution >= 4 is 38.6 Å². The maximum Gasteiger partial charge on any atom is 0.270 e. The van der Waals surface area contributed by atoms with E-state index in [9.17, 15) is 22.8 Å². The summed E-state index contributed by atoms with van der Waals surface area (Å²) in [6.07, 6.45) is -0.626. The first-order chi connectivity index (χ1) is 19.8. The third-order valence-electron chi connectivity index (χ3n) is 6.64. The van der Waals surface area contributed by atoms with Crippen LogP contribution >= 0.6 is 0 Å². The number of amides is 3. The van der Waals surface area contributed by atoms with Gasteiger partial charge in [0.2, 0.25) is 21.8 Å². The fourth-order valence-corrected chi connectivity index (χ4v) is 6.35. The first kappa shape index (κ1) is 31.1. The highest BCUT2D eigenvalue weighted by atomic mass is 32.2. The summed E-state index contributed by atoms with van der Waals surface area (Å²) in [5.41, 5.74) is 6.44. The molecule has 1 aliphatic heterocycles. The van der Waals surface area contributed by atoms with Crippen molar-refractivity contribution in [3.63, 3.8) is 0 Å². The van der Waals surface area contributed by atoms with Crippen molar-refractivity contribution in [2.75, 3.05) is 5.75 Å². The van der Waals surface area contributed by atoms with Crippen LogP contribution in [0.3, 0.4) is 0 Å². The molecule has 1 fully saturated rings. The highest BCUT2D eigenvalue weighted by molar-refractivity contribution is 7.89. The van der Waals surface area contributed by atoms with E-state index in [1.54, 1.807) is 45.0 Å². The molecular weight excluding hydrogens is 558 g/mol. The molecule has 3 aromatic rings. The topological polar surface area (TPSA) is 173 Å². The molecule has 1 saturated heterocycles. The number of aromatic nitrogens is 1. The molecule has 0 aliphatic carbocycles. The summed E-state index contributed by atoms with van der Waals surface area (Å²) >= 11 is 0. The first-order valence-electron chi connectivity index (χ1n) is 13.8. The predicted molar refractivity (Wildman–Crippen MR) is 159 cm³/mol. The van der Waals surface area contributed by atoms with Crippen LogP contribution in [-0.2, 0) is 30.8 Å². The number of sulfonamides is 1. The fourth-order valence-electron chi connectivity index (χ4n) is 4.77. The lowest BCUT2D eigenvalue weighted by Gasteiger charge is -2.22.